The summed E-state index contributed by atoms with van der Waals surface area (Å²) in [5.41, 5.74) is 10.8. The zero-order valence-corrected chi connectivity index (χ0v) is 15.6. The van der Waals surface area contributed by atoms with Crippen LogP contribution >= 0.6 is 15.9 Å². The van der Waals surface area contributed by atoms with Gasteiger partial charge in [-0.2, -0.15) is 0 Å². The molecule has 1 unspecified atom stereocenters. The maximum absolute atomic E-state index is 14.8. The van der Waals surface area contributed by atoms with Crippen molar-refractivity contribution in [2.24, 2.45) is 11.0 Å². The van der Waals surface area contributed by atoms with Crippen LogP contribution in [0, 0.1) is 11.7 Å². The molecular formula is C19H17BrFN3O2. The monoisotopic (exact) mass is 417 g/mol. The molecule has 0 N–H and O–H groups in total. The lowest BCUT2D eigenvalue weighted by atomic mass is 9.82. The number of benzene rings is 2. The predicted octanol–water partition coefficient (Wildman–Crippen LogP) is 5.50. The van der Waals surface area contributed by atoms with E-state index in [0.29, 0.717) is 35.2 Å². The number of azide groups is 1. The van der Waals surface area contributed by atoms with Crippen LogP contribution in [0.4, 0.5) is 4.39 Å². The van der Waals surface area contributed by atoms with Crippen molar-refractivity contribution >= 4 is 21.8 Å². The van der Waals surface area contributed by atoms with Crippen LogP contribution in [0.2, 0.25) is 0 Å². The second-order valence-corrected chi connectivity index (χ2v) is 7.10. The molecule has 0 aromatic heterocycles. The third kappa shape index (κ3) is 4.23. The van der Waals surface area contributed by atoms with Crippen molar-refractivity contribution in [1.82, 2.24) is 0 Å². The van der Waals surface area contributed by atoms with E-state index in [1.165, 1.54) is 0 Å². The Balaban J connectivity index is 1.76. The summed E-state index contributed by atoms with van der Waals surface area (Å²) < 4.78 is 20.9. The summed E-state index contributed by atoms with van der Waals surface area (Å²) in [6, 6.07) is 11.6. The Hall–Kier alpha value is -2.37. The van der Waals surface area contributed by atoms with Gasteiger partial charge in [-0.25, -0.2) is 4.39 Å². The molecular weight excluding hydrogens is 401 g/mol. The Bertz CT molecular complexity index is 867. The van der Waals surface area contributed by atoms with Crippen LogP contribution in [0.15, 0.2) is 46.0 Å². The summed E-state index contributed by atoms with van der Waals surface area (Å²) in [4.78, 5) is 14.0. The number of hydrogen-bond donors (Lipinski definition) is 0. The first kappa shape index (κ1) is 18.4. The molecule has 1 atom stereocenters. The number of carbonyl (C=O) groups is 1. The van der Waals surface area contributed by atoms with Gasteiger partial charge < -0.3 is 4.74 Å². The zero-order chi connectivity index (χ0) is 18.5. The summed E-state index contributed by atoms with van der Waals surface area (Å²) >= 11 is 3.29. The lowest BCUT2D eigenvalue weighted by molar-refractivity contribution is -0.118. The van der Waals surface area contributed by atoms with Crippen LogP contribution in [0.25, 0.3) is 10.4 Å². The Kier molecular flexibility index (Phi) is 5.91. The highest BCUT2D eigenvalue weighted by atomic mass is 79.9. The number of ether oxygens (including phenoxy) is 1. The van der Waals surface area contributed by atoms with E-state index in [0.717, 1.165) is 17.5 Å². The van der Waals surface area contributed by atoms with Crippen molar-refractivity contribution in [2.75, 3.05) is 0 Å². The number of amides is 1. The third-order valence-corrected chi connectivity index (χ3v) is 5.28. The standard InChI is InChI=1S/C19H17BrFN3O2/c20-18-16(26-11-12-4-2-1-3-5-12)10-14-7-6-13(8-15(14)19(18)21)9-17(25)23-24-22/h1-5,10,13H,6-9,11H2. The van der Waals surface area contributed by atoms with E-state index in [4.69, 9.17) is 10.3 Å². The molecule has 0 saturated heterocycles. The van der Waals surface area contributed by atoms with Gasteiger partial charge >= 0.3 is 0 Å². The highest BCUT2D eigenvalue weighted by Crippen LogP contribution is 2.38. The van der Waals surface area contributed by atoms with Gasteiger partial charge in [-0.1, -0.05) is 30.3 Å². The molecule has 0 aliphatic heterocycles. The number of halogens is 2. The van der Waals surface area contributed by atoms with E-state index in [1.54, 1.807) is 0 Å². The second kappa shape index (κ2) is 8.34. The van der Waals surface area contributed by atoms with E-state index >= 15 is 0 Å². The van der Waals surface area contributed by atoms with Crippen molar-refractivity contribution in [3.8, 4) is 5.75 Å². The quantitative estimate of drug-likeness (QED) is 0.365. The number of fused-ring (bicyclic) bond motifs is 1. The average molecular weight is 418 g/mol. The van der Waals surface area contributed by atoms with Gasteiger partial charge in [-0.3, -0.25) is 4.79 Å². The van der Waals surface area contributed by atoms with Crippen LogP contribution < -0.4 is 4.74 Å². The van der Waals surface area contributed by atoms with Gasteiger partial charge in [0.25, 0.3) is 0 Å². The van der Waals surface area contributed by atoms with Gasteiger partial charge in [0.1, 0.15) is 18.2 Å². The van der Waals surface area contributed by atoms with Crippen LogP contribution in [-0.4, -0.2) is 5.91 Å². The topological polar surface area (TPSA) is 75.1 Å². The Morgan fingerprint density at radius 3 is 2.88 bits per heavy atom. The van der Waals surface area contributed by atoms with Gasteiger partial charge in [0.15, 0.2) is 0 Å². The summed E-state index contributed by atoms with van der Waals surface area (Å²) in [5.74, 6) is -0.374. The lowest BCUT2D eigenvalue weighted by Gasteiger charge is -2.25. The number of nitrogens with zero attached hydrogens (tertiary/aromatic N) is 3. The molecule has 2 aromatic rings. The molecule has 1 amide bonds. The highest BCUT2D eigenvalue weighted by Gasteiger charge is 2.26. The van der Waals surface area contributed by atoms with E-state index in [-0.39, 0.29) is 18.2 Å². The van der Waals surface area contributed by atoms with E-state index in [1.807, 2.05) is 36.4 Å². The van der Waals surface area contributed by atoms with E-state index in [9.17, 15) is 9.18 Å². The van der Waals surface area contributed by atoms with Crippen molar-refractivity contribution in [3.05, 3.63) is 73.8 Å². The normalized spacial score (nSPS) is 15.7. The Morgan fingerprint density at radius 2 is 2.15 bits per heavy atom. The van der Waals surface area contributed by atoms with Crippen LogP contribution in [0.1, 0.15) is 29.5 Å². The molecule has 0 heterocycles. The molecule has 1 aliphatic carbocycles. The fourth-order valence-electron chi connectivity index (χ4n) is 3.24. The maximum atomic E-state index is 14.8. The average Bonchev–Trinajstić information content (AvgIpc) is 2.65. The lowest BCUT2D eigenvalue weighted by Crippen LogP contribution is -2.18. The van der Waals surface area contributed by atoms with Crippen molar-refractivity contribution in [2.45, 2.75) is 32.3 Å². The van der Waals surface area contributed by atoms with Gasteiger partial charge in [-0.15, -0.1) is 0 Å². The molecule has 3 rings (SSSR count). The summed E-state index contributed by atoms with van der Waals surface area (Å²) in [5, 5.41) is 3.10. The Morgan fingerprint density at radius 1 is 1.38 bits per heavy atom. The SMILES string of the molecule is [N-]=[N+]=NC(=O)CC1CCc2cc(OCc3ccccc3)c(Br)c(F)c2C1. The van der Waals surface area contributed by atoms with Crippen molar-refractivity contribution in [3.63, 3.8) is 0 Å². The Labute approximate surface area is 158 Å². The van der Waals surface area contributed by atoms with Crippen LogP contribution in [-0.2, 0) is 24.2 Å². The maximum Gasteiger partial charge on any atom is 0.219 e. The number of rotatable bonds is 5. The highest BCUT2D eigenvalue weighted by molar-refractivity contribution is 9.10. The molecule has 134 valence electrons. The minimum absolute atomic E-state index is 0.0158. The van der Waals surface area contributed by atoms with Gasteiger partial charge in [-0.05, 0) is 74.5 Å². The summed E-state index contributed by atoms with van der Waals surface area (Å²) in [7, 11) is 0. The van der Waals surface area contributed by atoms with Gasteiger partial charge in [0, 0.05) is 11.3 Å². The third-order valence-electron chi connectivity index (χ3n) is 4.54. The number of aryl methyl sites for hydroxylation is 1. The van der Waals surface area contributed by atoms with Crippen LogP contribution in [0.3, 0.4) is 0 Å². The molecule has 5 nitrogen and oxygen atoms in total. The molecule has 26 heavy (non-hydrogen) atoms. The fourth-order valence-corrected chi connectivity index (χ4v) is 3.70. The number of carbonyl (C=O) groups excluding carboxylic acids is 1. The first-order chi connectivity index (χ1) is 12.6. The molecule has 2 aromatic carbocycles. The largest absolute Gasteiger partial charge is 0.488 e. The molecule has 0 fully saturated rings. The van der Waals surface area contributed by atoms with Crippen molar-refractivity contribution < 1.29 is 13.9 Å². The minimum Gasteiger partial charge on any atom is -0.488 e. The molecule has 7 heteroatoms. The zero-order valence-electron chi connectivity index (χ0n) is 14.0. The fraction of sp³-hybridized carbons (Fsp3) is 0.316. The molecule has 0 bridgehead atoms. The smallest absolute Gasteiger partial charge is 0.219 e. The van der Waals surface area contributed by atoms with E-state index < -0.39 is 5.91 Å². The first-order valence-corrected chi connectivity index (χ1v) is 9.12. The predicted molar refractivity (Wildman–Crippen MR) is 99.2 cm³/mol. The van der Waals surface area contributed by atoms with Gasteiger partial charge in [0.05, 0.1) is 4.47 Å². The minimum atomic E-state index is -0.497. The summed E-state index contributed by atoms with van der Waals surface area (Å²) in [6.07, 6.45) is 2.01. The van der Waals surface area contributed by atoms with Gasteiger partial charge in [0.2, 0.25) is 5.91 Å². The molecule has 0 saturated carbocycles. The molecule has 0 radical (unpaired) electrons. The van der Waals surface area contributed by atoms with E-state index in [2.05, 4.69) is 26.0 Å². The second-order valence-electron chi connectivity index (χ2n) is 6.31. The van der Waals surface area contributed by atoms with Crippen molar-refractivity contribution in [1.29, 1.82) is 0 Å². The molecule has 1 aliphatic rings. The summed E-state index contributed by atoms with van der Waals surface area (Å²) in [6.45, 7) is 0.362. The number of hydrogen-bond acceptors (Lipinski definition) is 2. The molecule has 0 spiro atoms. The van der Waals surface area contributed by atoms with Crippen LogP contribution in [0.5, 0.6) is 5.75 Å². The first-order valence-electron chi connectivity index (χ1n) is 8.33.